The van der Waals surface area contributed by atoms with Gasteiger partial charge in [0.25, 0.3) is 5.91 Å². The molecule has 25 heavy (non-hydrogen) atoms. The molecule has 0 saturated carbocycles. The van der Waals surface area contributed by atoms with E-state index in [2.05, 4.69) is 6.07 Å². The average Bonchev–Trinajstić information content (AvgIpc) is 2.62. The van der Waals surface area contributed by atoms with Gasteiger partial charge in [0.2, 0.25) is 0 Å². The topological polar surface area (TPSA) is 29.5 Å². The van der Waals surface area contributed by atoms with Gasteiger partial charge >= 0.3 is 0 Å². The van der Waals surface area contributed by atoms with Crippen molar-refractivity contribution >= 4 is 17.5 Å². The third-order valence-electron chi connectivity index (χ3n) is 5.29. The lowest BCUT2D eigenvalue weighted by molar-refractivity contribution is -0.0107. The number of halogens is 2. The smallest absolute Gasteiger partial charge is 0.258 e. The normalized spacial score (nSPS) is 18.6. The highest BCUT2D eigenvalue weighted by Crippen LogP contribution is 2.39. The highest BCUT2D eigenvalue weighted by molar-refractivity contribution is 6.33. The largest absolute Gasteiger partial charge is 0.487 e. The summed E-state index contributed by atoms with van der Waals surface area (Å²) >= 11 is 6.03. The molecule has 0 aliphatic carbocycles. The standard InChI is InChI=1S/C20H19ClFNO2/c21-15-5-3-6-16(22)18(15)19(24)23-12-10-20(11-13-23)9-8-14-4-1-2-7-17(14)25-20/h1-7H,8-13H2. The van der Waals surface area contributed by atoms with E-state index in [-0.39, 0.29) is 22.1 Å². The number of benzene rings is 2. The number of rotatable bonds is 1. The van der Waals surface area contributed by atoms with Gasteiger partial charge in [0.05, 0.1) is 10.6 Å². The number of likely N-dealkylation sites (tertiary alicyclic amines) is 1. The van der Waals surface area contributed by atoms with Gasteiger partial charge in [-0.25, -0.2) is 4.39 Å². The van der Waals surface area contributed by atoms with Crippen molar-refractivity contribution in [3.05, 3.63) is 64.4 Å². The number of carbonyl (C=O) groups excluding carboxylic acids is 1. The Bertz CT molecular complexity index is 795. The number of amides is 1. The summed E-state index contributed by atoms with van der Waals surface area (Å²) < 4.78 is 20.3. The maximum atomic E-state index is 14.0. The van der Waals surface area contributed by atoms with Gasteiger partial charge in [0, 0.05) is 25.9 Å². The van der Waals surface area contributed by atoms with Crippen LogP contribution in [-0.2, 0) is 6.42 Å². The van der Waals surface area contributed by atoms with Gasteiger partial charge in [0.15, 0.2) is 0 Å². The zero-order valence-electron chi connectivity index (χ0n) is 13.8. The minimum atomic E-state index is -0.569. The summed E-state index contributed by atoms with van der Waals surface area (Å²) in [5.41, 5.74) is 0.990. The molecule has 0 N–H and O–H groups in total. The van der Waals surface area contributed by atoms with Gasteiger partial charge < -0.3 is 9.64 Å². The van der Waals surface area contributed by atoms with Crippen LogP contribution in [0.5, 0.6) is 5.75 Å². The average molecular weight is 360 g/mol. The Morgan fingerprint density at radius 3 is 2.60 bits per heavy atom. The molecule has 0 unspecified atom stereocenters. The van der Waals surface area contributed by atoms with E-state index in [9.17, 15) is 9.18 Å². The van der Waals surface area contributed by atoms with E-state index in [1.807, 2.05) is 18.2 Å². The van der Waals surface area contributed by atoms with Crippen LogP contribution < -0.4 is 4.74 Å². The van der Waals surface area contributed by atoms with Crippen molar-refractivity contribution in [1.29, 1.82) is 0 Å². The quantitative estimate of drug-likeness (QED) is 0.751. The molecule has 2 aliphatic rings. The van der Waals surface area contributed by atoms with Crippen LogP contribution in [0.25, 0.3) is 0 Å². The van der Waals surface area contributed by atoms with Gasteiger partial charge in [-0.2, -0.15) is 0 Å². The number of hydrogen-bond acceptors (Lipinski definition) is 2. The van der Waals surface area contributed by atoms with Crippen LogP contribution in [0.1, 0.15) is 35.2 Å². The van der Waals surface area contributed by atoms with Crippen molar-refractivity contribution in [3.8, 4) is 5.75 Å². The predicted molar refractivity (Wildman–Crippen MR) is 94.7 cm³/mol. The number of aryl methyl sites for hydroxylation is 1. The Balaban J connectivity index is 1.48. The summed E-state index contributed by atoms with van der Waals surface area (Å²) in [5.74, 6) is 0.0421. The monoisotopic (exact) mass is 359 g/mol. The number of para-hydroxylation sites is 1. The summed E-state index contributed by atoms with van der Waals surface area (Å²) in [7, 11) is 0. The fourth-order valence-electron chi connectivity index (χ4n) is 3.79. The molecule has 4 rings (SSSR count). The molecule has 3 nitrogen and oxygen atoms in total. The van der Waals surface area contributed by atoms with E-state index in [4.69, 9.17) is 16.3 Å². The molecule has 0 atom stereocenters. The second-order valence-corrected chi connectivity index (χ2v) is 7.19. The van der Waals surface area contributed by atoms with Crippen LogP contribution in [0.2, 0.25) is 5.02 Å². The van der Waals surface area contributed by atoms with E-state index in [1.165, 1.54) is 17.7 Å². The second kappa shape index (κ2) is 6.34. The van der Waals surface area contributed by atoms with Crippen molar-refractivity contribution < 1.29 is 13.9 Å². The van der Waals surface area contributed by atoms with Gasteiger partial charge in [-0.3, -0.25) is 4.79 Å². The third kappa shape index (κ3) is 2.99. The number of fused-ring (bicyclic) bond motifs is 1. The van der Waals surface area contributed by atoms with E-state index in [1.54, 1.807) is 11.0 Å². The summed E-state index contributed by atoms with van der Waals surface area (Å²) in [6.07, 6.45) is 3.44. The molecule has 1 saturated heterocycles. The van der Waals surface area contributed by atoms with Crippen LogP contribution in [0.3, 0.4) is 0 Å². The predicted octanol–water partition coefficient (Wildman–Crippen LogP) is 4.48. The summed E-state index contributed by atoms with van der Waals surface area (Å²) in [4.78, 5) is 14.4. The lowest BCUT2D eigenvalue weighted by Gasteiger charge is -2.44. The van der Waals surface area contributed by atoms with Crippen LogP contribution in [-0.4, -0.2) is 29.5 Å². The van der Waals surface area contributed by atoms with E-state index >= 15 is 0 Å². The van der Waals surface area contributed by atoms with E-state index < -0.39 is 5.82 Å². The maximum absolute atomic E-state index is 14.0. The Labute approximate surface area is 151 Å². The number of nitrogens with zero attached hydrogens (tertiary/aromatic N) is 1. The number of carbonyl (C=O) groups is 1. The Morgan fingerprint density at radius 1 is 1.08 bits per heavy atom. The molecule has 5 heteroatoms. The molecule has 0 radical (unpaired) electrons. The van der Waals surface area contributed by atoms with Gasteiger partial charge in [0.1, 0.15) is 17.2 Å². The fraction of sp³-hybridized carbons (Fsp3) is 0.350. The molecular weight excluding hydrogens is 341 g/mol. The molecule has 1 fully saturated rings. The highest BCUT2D eigenvalue weighted by Gasteiger charge is 2.40. The lowest BCUT2D eigenvalue weighted by atomic mass is 9.83. The molecular formula is C20H19ClFNO2. The minimum absolute atomic E-state index is 0.0324. The Morgan fingerprint density at radius 2 is 1.84 bits per heavy atom. The van der Waals surface area contributed by atoms with Gasteiger partial charge in [-0.05, 0) is 36.6 Å². The van der Waals surface area contributed by atoms with Crippen molar-refractivity contribution in [2.24, 2.45) is 0 Å². The Kier molecular flexibility index (Phi) is 4.16. The zero-order chi connectivity index (χ0) is 17.4. The van der Waals surface area contributed by atoms with E-state index in [0.29, 0.717) is 13.1 Å². The first-order chi connectivity index (χ1) is 12.1. The molecule has 0 bridgehead atoms. The minimum Gasteiger partial charge on any atom is -0.487 e. The second-order valence-electron chi connectivity index (χ2n) is 6.78. The van der Waals surface area contributed by atoms with Crippen LogP contribution in [0.4, 0.5) is 4.39 Å². The van der Waals surface area contributed by atoms with Gasteiger partial charge in [-0.15, -0.1) is 0 Å². The summed E-state index contributed by atoms with van der Waals surface area (Å²) in [6, 6.07) is 12.4. The molecule has 1 spiro atoms. The maximum Gasteiger partial charge on any atom is 0.258 e. The van der Waals surface area contributed by atoms with Crippen molar-refractivity contribution in [2.75, 3.05) is 13.1 Å². The first-order valence-electron chi connectivity index (χ1n) is 8.58. The van der Waals surface area contributed by atoms with Crippen molar-refractivity contribution in [3.63, 3.8) is 0 Å². The van der Waals surface area contributed by atoms with Crippen LogP contribution in [0, 0.1) is 5.82 Å². The van der Waals surface area contributed by atoms with Crippen LogP contribution in [0.15, 0.2) is 42.5 Å². The third-order valence-corrected chi connectivity index (χ3v) is 5.60. The molecule has 2 heterocycles. The number of ether oxygens (including phenoxy) is 1. The van der Waals surface area contributed by atoms with Gasteiger partial charge in [-0.1, -0.05) is 35.9 Å². The first-order valence-corrected chi connectivity index (χ1v) is 8.96. The van der Waals surface area contributed by atoms with E-state index in [0.717, 1.165) is 31.4 Å². The molecule has 2 aliphatic heterocycles. The lowest BCUT2D eigenvalue weighted by Crippen LogP contribution is -2.51. The molecule has 2 aromatic carbocycles. The Hall–Kier alpha value is -2.07. The summed E-state index contributed by atoms with van der Waals surface area (Å²) in [5, 5.41) is 0.160. The first kappa shape index (κ1) is 16.4. The zero-order valence-corrected chi connectivity index (χ0v) is 14.6. The highest BCUT2D eigenvalue weighted by atomic mass is 35.5. The molecule has 1 amide bonds. The summed E-state index contributed by atoms with van der Waals surface area (Å²) in [6.45, 7) is 1.09. The van der Waals surface area contributed by atoms with Crippen molar-refractivity contribution in [2.45, 2.75) is 31.3 Å². The molecule has 0 aromatic heterocycles. The SMILES string of the molecule is O=C(c1c(F)cccc1Cl)N1CCC2(CCc3ccccc3O2)CC1. The molecule has 130 valence electrons. The fourth-order valence-corrected chi connectivity index (χ4v) is 4.03. The number of hydrogen-bond donors (Lipinski definition) is 0. The number of piperidine rings is 1. The van der Waals surface area contributed by atoms with Crippen LogP contribution >= 0.6 is 11.6 Å². The van der Waals surface area contributed by atoms with Crippen molar-refractivity contribution in [1.82, 2.24) is 4.90 Å². The molecule has 2 aromatic rings.